The number of carbonyl (C=O) groups is 3. The number of amides is 2. The molecule has 0 saturated carbocycles. The van der Waals surface area contributed by atoms with E-state index in [1.165, 1.54) is 25.5 Å². The standard InChI is InChI=1S/C14H20N4O4/c1-8(17-12(20)9-7-15-5-6-16-9)11(19)18-10(13(21)22)14(2,3)4/h5-8,10H,1-4H3,(H,17,20)(H,18,19)(H,21,22)/t8-,10+/m0/s1. The summed E-state index contributed by atoms with van der Waals surface area (Å²) in [4.78, 5) is 42.7. The van der Waals surface area contributed by atoms with Crippen LogP contribution >= 0.6 is 0 Å². The molecule has 1 rings (SSSR count). The van der Waals surface area contributed by atoms with Crippen molar-refractivity contribution in [3.8, 4) is 0 Å². The molecule has 0 aromatic carbocycles. The van der Waals surface area contributed by atoms with Gasteiger partial charge in [0.25, 0.3) is 5.91 Å². The average Bonchev–Trinajstić information content (AvgIpc) is 2.43. The second-order valence-electron chi connectivity index (χ2n) is 5.93. The molecule has 0 aliphatic heterocycles. The van der Waals surface area contributed by atoms with Crippen molar-refractivity contribution < 1.29 is 19.5 Å². The maximum atomic E-state index is 12.0. The van der Waals surface area contributed by atoms with Crippen LogP contribution in [0.3, 0.4) is 0 Å². The first-order valence-electron chi connectivity index (χ1n) is 6.73. The summed E-state index contributed by atoms with van der Waals surface area (Å²) in [5.74, 6) is -2.27. The van der Waals surface area contributed by atoms with Gasteiger partial charge in [0.2, 0.25) is 5.91 Å². The molecule has 1 heterocycles. The molecule has 0 spiro atoms. The van der Waals surface area contributed by atoms with Gasteiger partial charge in [-0.15, -0.1) is 0 Å². The van der Waals surface area contributed by atoms with E-state index in [0.29, 0.717) is 0 Å². The summed E-state index contributed by atoms with van der Waals surface area (Å²) in [7, 11) is 0. The zero-order chi connectivity index (χ0) is 16.9. The first-order chi connectivity index (χ1) is 10.1. The van der Waals surface area contributed by atoms with E-state index in [1.807, 2.05) is 0 Å². The number of hydrogen-bond donors (Lipinski definition) is 3. The predicted molar refractivity (Wildman–Crippen MR) is 78.0 cm³/mol. The highest BCUT2D eigenvalue weighted by Crippen LogP contribution is 2.19. The summed E-state index contributed by atoms with van der Waals surface area (Å²) in [6.07, 6.45) is 4.06. The summed E-state index contributed by atoms with van der Waals surface area (Å²) >= 11 is 0. The van der Waals surface area contributed by atoms with Crippen molar-refractivity contribution in [1.29, 1.82) is 0 Å². The molecule has 0 fully saturated rings. The Morgan fingerprint density at radius 1 is 1.18 bits per heavy atom. The van der Waals surface area contributed by atoms with Gasteiger partial charge in [-0.2, -0.15) is 0 Å². The monoisotopic (exact) mass is 308 g/mol. The van der Waals surface area contributed by atoms with Gasteiger partial charge in [-0.3, -0.25) is 14.6 Å². The molecule has 2 amide bonds. The summed E-state index contributed by atoms with van der Waals surface area (Å²) in [6.45, 7) is 6.57. The van der Waals surface area contributed by atoms with Gasteiger partial charge in [0.1, 0.15) is 17.8 Å². The third-order valence-corrected chi connectivity index (χ3v) is 2.94. The Hall–Kier alpha value is -2.51. The highest BCUT2D eigenvalue weighted by atomic mass is 16.4. The van der Waals surface area contributed by atoms with E-state index < -0.39 is 35.3 Å². The molecule has 2 atom stereocenters. The van der Waals surface area contributed by atoms with Gasteiger partial charge in [-0.05, 0) is 12.3 Å². The van der Waals surface area contributed by atoms with E-state index in [4.69, 9.17) is 0 Å². The second-order valence-corrected chi connectivity index (χ2v) is 5.93. The lowest BCUT2D eigenvalue weighted by atomic mass is 9.86. The molecule has 3 N–H and O–H groups in total. The van der Waals surface area contributed by atoms with Crippen molar-refractivity contribution in [2.24, 2.45) is 5.41 Å². The van der Waals surface area contributed by atoms with Gasteiger partial charge in [0.15, 0.2) is 0 Å². The van der Waals surface area contributed by atoms with Crippen molar-refractivity contribution in [2.45, 2.75) is 39.8 Å². The number of nitrogens with zero attached hydrogens (tertiary/aromatic N) is 2. The van der Waals surface area contributed by atoms with Crippen LogP contribution in [0.2, 0.25) is 0 Å². The number of carbonyl (C=O) groups excluding carboxylic acids is 2. The molecular weight excluding hydrogens is 288 g/mol. The van der Waals surface area contributed by atoms with Gasteiger partial charge in [0.05, 0.1) is 6.20 Å². The maximum absolute atomic E-state index is 12.0. The van der Waals surface area contributed by atoms with Crippen LogP contribution in [0.4, 0.5) is 0 Å². The largest absolute Gasteiger partial charge is 0.480 e. The lowest BCUT2D eigenvalue weighted by Gasteiger charge is -2.28. The van der Waals surface area contributed by atoms with Crippen molar-refractivity contribution in [1.82, 2.24) is 20.6 Å². The fourth-order valence-corrected chi connectivity index (χ4v) is 1.67. The molecule has 8 heteroatoms. The Bertz CT molecular complexity index is 554. The average molecular weight is 308 g/mol. The van der Waals surface area contributed by atoms with E-state index in [-0.39, 0.29) is 5.69 Å². The third kappa shape index (κ3) is 4.80. The number of nitrogens with one attached hydrogen (secondary N) is 2. The smallest absolute Gasteiger partial charge is 0.326 e. The molecule has 0 radical (unpaired) electrons. The van der Waals surface area contributed by atoms with E-state index in [1.54, 1.807) is 20.8 Å². The maximum Gasteiger partial charge on any atom is 0.326 e. The summed E-state index contributed by atoms with van der Waals surface area (Å²) in [5, 5.41) is 14.0. The highest BCUT2D eigenvalue weighted by molar-refractivity contribution is 5.96. The first kappa shape index (κ1) is 17.5. The minimum Gasteiger partial charge on any atom is -0.480 e. The summed E-state index contributed by atoms with van der Waals surface area (Å²) in [5.41, 5.74) is -0.580. The molecule has 0 bridgehead atoms. The van der Waals surface area contributed by atoms with Crippen molar-refractivity contribution in [3.63, 3.8) is 0 Å². The Balaban J connectivity index is 2.69. The van der Waals surface area contributed by atoms with Gasteiger partial charge in [-0.1, -0.05) is 20.8 Å². The van der Waals surface area contributed by atoms with E-state index in [2.05, 4.69) is 20.6 Å². The minimum atomic E-state index is -1.13. The Kier molecular flexibility index (Phi) is 5.56. The van der Waals surface area contributed by atoms with Crippen molar-refractivity contribution in [2.75, 3.05) is 0 Å². The first-order valence-corrected chi connectivity index (χ1v) is 6.73. The lowest BCUT2D eigenvalue weighted by molar-refractivity contribution is -0.145. The summed E-state index contributed by atoms with van der Waals surface area (Å²) in [6, 6.07) is -1.96. The number of carboxylic acids is 1. The van der Waals surface area contributed by atoms with Crippen LogP contribution in [0.5, 0.6) is 0 Å². The number of aromatic nitrogens is 2. The van der Waals surface area contributed by atoms with Crippen LogP contribution in [0.25, 0.3) is 0 Å². The fourth-order valence-electron chi connectivity index (χ4n) is 1.67. The van der Waals surface area contributed by atoms with Gasteiger partial charge in [0, 0.05) is 12.4 Å². The van der Waals surface area contributed by atoms with Gasteiger partial charge in [-0.25, -0.2) is 9.78 Å². The Morgan fingerprint density at radius 2 is 1.82 bits per heavy atom. The molecule has 0 aliphatic rings. The molecule has 1 aromatic heterocycles. The third-order valence-electron chi connectivity index (χ3n) is 2.94. The number of rotatable bonds is 5. The SMILES string of the molecule is C[C@H](NC(=O)c1cnccn1)C(=O)N[C@H](C(=O)O)C(C)(C)C. The minimum absolute atomic E-state index is 0.0766. The molecule has 22 heavy (non-hydrogen) atoms. The highest BCUT2D eigenvalue weighted by Gasteiger charge is 2.33. The second kappa shape index (κ2) is 6.97. The molecule has 0 aliphatic carbocycles. The zero-order valence-electron chi connectivity index (χ0n) is 13.0. The fraction of sp³-hybridized carbons (Fsp3) is 0.500. The van der Waals surface area contributed by atoms with Crippen molar-refractivity contribution >= 4 is 17.8 Å². The molecular formula is C14H20N4O4. The van der Waals surface area contributed by atoms with Gasteiger partial charge >= 0.3 is 5.97 Å². The van der Waals surface area contributed by atoms with Gasteiger partial charge < -0.3 is 15.7 Å². The molecule has 8 nitrogen and oxygen atoms in total. The Morgan fingerprint density at radius 3 is 2.27 bits per heavy atom. The van der Waals surface area contributed by atoms with Crippen molar-refractivity contribution in [3.05, 3.63) is 24.3 Å². The van der Waals surface area contributed by atoms with Crippen LogP contribution < -0.4 is 10.6 Å². The lowest BCUT2D eigenvalue weighted by Crippen LogP contribution is -2.54. The van der Waals surface area contributed by atoms with E-state index in [0.717, 1.165) is 0 Å². The van der Waals surface area contributed by atoms with Crippen LogP contribution in [0.15, 0.2) is 18.6 Å². The van der Waals surface area contributed by atoms with E-state index in [9.17, 15) is 19.5 Å². The number of aliphatic carboxylic acids is 1. The van der Waals surface area contributed by atoms with Crippen LogP contribution in [-0.4, -0.2) is 44.9 Å². The molecule has 0 saturated heterocycles. The van der Waals surface area contributed by atoms with E-state index >= 15 is 0 Å². The normalized spacial score (nSPS) is 13.8. The topological polar surface area (TPSA) is 121 Å². The molecule has 0 unspecified atom stereocenters. The van der Waals surface area contributed by atoms with Crippen LogP contribution in [0.1, 0.15) is 38.2 Å². The number of hydrogen-bond acceptors (Lipinski definition) is 5. The Labute approximate surface area is 128 Å². The predicted octanol–water partition coefficient (Wildman–Crippen LogP) is 0.210. The van der Waals surface area contributed by atoms with Crippen LogP contribution in [-0.2, 0) is 9.59 Å². The van der Waals surface area contributed by atoms with Crippen LogP contribution in [0, 0.1) is 5.41 Å². The molecule has 120 valence electrons. The molecule has 1 aromatic rings. The quantitative estimate of drug-likeness (QED) is 0.715. The number of carboxylic acid groups (broad SMARTS) is 1. The zero-order valence-corrected chi connectivity index (χ0v) is 13.0. The summed E-state index contributed by atoms with van der Waals surface area (Å²) < 4.78 is 0.